The van der Waals surface area contributed by atoms with E-state index in [9.17, 15) is 19.2 Å². The summed E-state index contributed by atoms with van der Waals surface area (Å²) in [7, 11) is 0. The summed E-state index contributed by atoms with van der Waals surface area (Å²) in [5, 5.41) is 8.04. The second-order valence-corrected chi connectivity index (χ2v) is 8.52. The third-order valence-corrected chi connectivity index (χ3v) is 4.45. The Labute approximate surface area is 167 Å². The van der Waals surface area contributed by atoms with Gasteiger partial charge in [-0.25, -0.2) is 0 Å². The monoisotopic (exact) mass is 400 g/mol. The quantitative estimate of drug-likeness (QED) is 0.434. The van der Waals surface area contributed by atoms with E-state index in [1.807, 2.05) is 40.2 Å². The highest BCUT2D eigenvalue weighted by atomic mass is 32.2. The standard InChI is InChI=1S/C19H34N3O4S/c1-12(2)9-16(20-14(5)24)19(26)22-17(10-13(3)4)18(25)21-15(11-23)7-8-27-6/h12-13,15-17H,7-10H2,1-6H3,(H,20,24)(H,21,25)(H,22,26)/t15-,16-,17-/m0/s1. The summed E-state index contributed by atoms with van der Waals surface area (Å²) < 4.78 is 0. The van der Waals surface area contributed by atoms with Crippen LogP contribution in [0.3, 0.4) is 0 Å². The van der Waals surface area contributed by atoms with Gasteiger partial charge in [0, 0.05) is 6.92 Å². The molecule has 27 heavy (non-hydrogen) atoms. The smallest absolute Gasteiger partial charge is 0.243 e. The van der Waals surface area contributed by atoms with Crippen LogP contribution >= 0.6 is 11.8 Å². The lowest BCUT2D eigenvalue weighted by atomic mass is 10.00. The van der Waals surface area contributed by atoms with Gasteiger partial charge in [0.1, 0.15) is 12.1 Å². The average Bonchev–Trinajstić information content (AvgIpc) is 2.55. The van der Waals surface area contributed by atoms with Crippen LogP contribution in [-0.4, -0.2) is 54.1 Å². The molecule has 0 heterocycles. The number of nitrogens with one attached hydrogen (secondary N) is 3. The lowest BCUT2D eigenvalue weighted by Gasteiger charge is -2.25. The molecule has 0 aliphatic heterocycles. The third-order valence-electron chi connectivity index (χ3n) is 3.81. The molecule has 0 aromatic rings. The summed E-state index contributed by atoms with van der Waals surface area (Å²) in [6.07, 6.45) is 5.15. The normalized spacial score (nSPS) is 14.4. The highest BCUT2D eigenvalue weighted by Gasteiger charge is 2.28. The molecule has 155 valence electrons. The van der Waals surface area contributed by atoms with Crippen LogP contribution in [0.5, 0.6) is 0 Å². The second kappa shape index (κ2) is 13.6. The molecule has 1 radical (unpaired) electrons. The van der Waals surface area contributed by atoms with Crippen LogP contribution in [-0.2, 0) is 19.2 Å². The maximum atomic E-state index is 12.7. The van der Waals surface area contributed by atoms with Gasteiger partial charge >= 0.3 is 0 Å². The molecule has 0 rings (SSSR count). The summed E-state index contributed by atoms with van der Waals surface area (Å²) >= 11 is 1.58. The molecule has 0 aliphatic rings. The van der Waals surface area contributed by atoms with Crippen molar-refractivity contribution in [2.75, 3.05) is 12.0 Å². The van der Waals surface area contributed by atoms with Crippen molar-refractivity contribution in [1.29, 1.82) is 0 Å². The number of hydrogen-bond donors (Lipinski definition) is 3. The first-order valence-electron chi connectivity index (χ1n) is 9.35. The van der Waals surface area contributed by atoms with Gasteiger partial charge in [0.2, 0.25) is 24.0 Å². The molecule has 0 saturated carbocycles. The van der Waals surface area contributed by atoms with Crippen LogP contribution in [0.15, 0.2) is 0 Å². The highest BCUT2D eigenvalue weighted by molar-refractivity contribution is 7.98. The molecule has 0 spiro atoms. The summed E-state index contributed by atoms with van der Waals surface area (Å²) in [6, 6.07) is -2.17. The average molecular weight is 401 g/mol. The van der Waals surface area contributed by atoms with Crippen molar-refractivity contribution in [2.45, 2.75) is 72.0 Å². The fourth-order valence-electron chi connectivity index (χ4n) is 2.59. The summed E-state index contributed by atoms with van der Waals surface area (Å²) in [5.41, 5.74) is 0. The van der Waals surface area contributed by atoms with Gasteiger partial charge < -0.3 is 16.0 Å². The van der Waals surface area contributed by atoms with Gasteiger partial charge in [-0.1, -0.05) is 27.7 Å². The number of carbonyl (C=O) groups excluding carboxylic acids is 4. The van der Waals surface area contributed by atoms with Crippen molar-refractivity contribution < 1.29 is 19.2 Å². The van der Waals surface area contributed by atoms with E-state index in [-0.39, 0.29) is 17.7 Å². The molecule has 3 N–H and O–H groups in total. The molecular formula is C19H34N3O4S. The number of thioether (sulfide) groups is 1. The van der Waals surface area contributed by atoms with Crippen LogP contribution in [0.4, 0.5) is 0 Å². The fraction of sp³-hybridized carbons (Fsp3) is 0.789. The van der Waals surface area contributed by atoms with Gasteiger partial charge in [-0.2, -0.15) is 11.8 Å². The van der Waals surface area contributed by atoms with Crippen LogP contribution < -0.4 is 16.0 Å². The zero-order valence-electron chi connectivity index (χ0n) is 17.3. The van der Waals surface area contributed by atoms with E-state index in [1.165, 1.54) is 6.92 Å². The first kappa shape index (κ1) is 25.4. The fourth-order valence-corrected chi connectivity index (χ4v) is 3.06. The Morgan fingerprint density at radius 2 is 1.37 bits per heavy atom. The molecule has 0 bridgehead atoms. The molecule has 8 heteroatoms. The number of rotatable bonds is 13. The largest absolute Gasteiger partial charge is 0.345 e. The zero-order chi connectivity index (χ0) is 21.0. The first-order valence-corrected chi connectivity index (χ1v) is 10.7. The molecule has 0 aromatic carbocycles. The van der Waals surface area contributed by atoms with Crippen molar-refractivity contribution >= 4 is 35.8 Å². The van der Waals surface area contributed by atoms with Crippen LogP contribution in [0.25, 0.3) is 0 Å². The van der Waals surface area contributed by atoms with Gasteiger partial charge in [-0.15, -0.1) is 0 Å². The molecule has 3 atom stereocenters. The van der Waals surface area contributed by atoms with Gasteiger partial charge in [-0.3, -0.25) is 19.2 Å². The van der Waals surface area contributed by atoms with Crippen molar-refractivity contribution in [2.24, 2.45) is 11.8 Å². The Bertz CT molecular complexity index is 497. The number of carbonyl (C=O) groups is 3. The molecule has 0 unspecified atom stereocenters. The van der Waals surface area contributed by atoms with E-state index in [2.05, 4.69) is 16.0 Å². The van der Waals surface area contributed by atoms with Crippen LogP contribution in [0.1, 0.15) is 53.9 Å². The van der Waals surface area contributed by atoms with E-state index in [0.717, 1.165) is 5.75 Å². The minimum absolute atomic E-state index is 0.162. The first-order chi connectivity index (χ1) is 12.6. The van der Waals surface area contributed by atoms with Crippen molar-refractivity contribution in [1.82, 2.24) is 16.0 Å². The van der Waals surface area contributed by atoms with Crippen molar-refractivity contribution in [3.63, 3.8) is 0 Å². The maximum absolute atomic E-state index is 12.7. The third kappa shape index (κ3) is 11.7. The Hall–Kier alpha value is -1.57. The Morgan fingerprint density at radius 3 is 1.78 bits per heavy atom. The van der Waals surface area contributed by atoms with Gasteiger partial charge in [-0.05, 0) is 43.1 Å². The summed E-state index contributed by atoms with van der Waals surface area (Å²) in [4.78, 5) is 47.8. The molecule has 0 fully saturated rings. The van der Waals surface area contributed by atoms with Crippen LogP contribution in [0.2, 0.25) is 0 Å². The summed E-state index contributed by atoms with van der Waals surface area (Å²) in [6.45, 7) is 9.16. The van der Waals surface area contributed by atoms with Crippen molar-refractivity contribution in [3.05, 3.63) is 0 Å². The van der Waals surface area contributed by atoms with Crippen LogP contribution in [0, 0.1) is 11.8 Å². The van der Waals surface area contributed by atoms with Gasteiger partial charge in [0.25, 0.3) is 0 Å². The van der Waals surface area contributed by atoms with E-state index in [1.54, 1.807) is 11.8 Å². The minimum atomic E-state index is -0.772. The maximum Gasteiger partial charge on any atom is 0.243 e. The molecule has 0 aliphatic carbocycles. The highest BCUT2D eigenvalue weighted by Crippen LogP contribution is 2.09. The minimum Gasteiger partial charge on any atom is -0.345 e. The topological polar surface area (TPSA) is 104 Å². The Morgan fingerprint density at radius 1 is 0.889 bits per heavy atom. The lowest BCUT2D eigenvalue weighted by molar-refractivity contribution is -0.132. The molecule has 0 saturated heterocycles. The molecular weight excluding hydrogens is 366 g/mol. The molecule has 3 amide bonds. The summed E-state index contributed by atoms with van der Waals surface area (Å²) in [5.74, 6) is -0.0115. The molecule has 7 nitrogen and oxygen atoms in total. The van der Waals surface area contributed by atoms with E-state index in [0.29, 0.717) is 19.3 Å². The number of hydrogen-bond acceptors (Lipinski definition) is 5. The predicted octanol–water partition coefficient (Wildman–Crippen LogP) is 1.42. The lowest BCUT2D eigenvalue weighted by Crippen LogP contribution is -2.55. The van der Waals surface area contributed by atoms with E-state index >= 15 is 0 Å². The zero-order valence-corrected chi connectivity index (χ0v) is 18.1. The predicted molar refractivity (Wildman–Crippen MR) is 109 cm³/mol. The van der Waals surface area contributed by atoms with Crippen molar-refractivity contribution in [3.8, 4) is 0 Å². The molecule has 0 aromatic heterocycles. The SMILES string of the molecule is CSCC[C@@H]([C]=O)NC(=O)[C@H](CC(C)C)NC(=O)[C@H](CC(C)C)NC(C)=O. The van der Waals surface area contributed by atoms with E-state index in [4.69, 9.17) is 0 Å². The van der Waals surface area contributed by atoms with Gasteiger partial charge in [0.05, 0.1) is 6.04 Å². The van der Waals surface area contributed by atoms with E-state index < -0.39 is 29.9 Å². The second-order valence-electron chi connectivity index (χ2n) is 7.53. The Balaban J connectivity index is 5.14. The Kier molecular flexibility index (Phi) is 12.8. The van der Waals surface area contributed by atoms with Gasteiger partial charge in [0.15, 0.2) is 0 Å². The number of amides is 3.